The van der Waals surface area contributed by atoms with Crippen molar-refractivity contribution < 1.29 is 4.79 Å². The van der Waals surface area contributed by atoms with Gasteiger partial charge >= 0.3 is 0 Å². The SMILES string of the molecule is CCCN1C(=O)CCCC(N)C1c1cnn(C(C)C)c1. The Hall–Kier alpha value is -1.36. The molecule has 1 aromatic rings. The van der Waals surface area contributed by atoms with Gasteiger partial charge in [0.25, 0.3) is 0 Å². The number of carbonyl (C=O) groups is 1. The molecule has 2 heterocycles. The average molecular weight is 278 g/mol. The van der Waals surface area contributed by atoms with Crippen molar-refractivity contribution in [2.75, 3.05) is 6.54 Å². The predicted octanol–water partition coefficient (Wildman–Crippen LogP) is 2.25. The Labute approximate surface area is 121 Å². The lowest BCUT2D eigenvalue weighted by Crippen LogP contribution is -2.42. The van der Waals surface area contributed by atoms with Crippen molar-refractivity contribution >= 4 is 5.91 Å². The predicted molar refractivity (Wildman–Crippen MR) is 79.2 cm³/mol. The maximum Gasteiger partial charge on any atom is 0.223 e. The minimum absolute atomic E-state index is 0.00203. The molecule has 0 aromatic carbocycles. The van der Waals surface area contributed by atoms with E-state index in [2.05, 4.69) is 25.9 Å². The van der Waals surface area contributed by atoms with Gasteiger partial charge in [-0.1, -0.05) is 6.92 Å². The molecular weight excluding hydrogens is 252 g/mol. The summed E-state index contributed by atoms with van der Waals surface area (Å²) in [7, 11) is 0. The lowest BCUT2D eigenvalue weighted by atomic mass is 9.99. The first-order valence-electron chi connectivity index (χ1n) is 7.63. The van der Waals surface area contributed by atoms with E-state index in [1.54, 1.807) is 0 Å². The van der Waals surface area contributed by atoms with Gasteiger partial charge in [0.1, 0.15) is 0 Å². The second-order valence-electron chi connectivity index (χ2n) is 5.94. The molecule has 2 atom stereocenters. The molecule has 2 rings (SSSR count). The molecule has 5 nitrogen and oxygen atoms in total. The van der Waals surface area contributed by atoms with Gasteiger partial charge in [-0.2, -0.15) is 5.10 Å². The molecule has 5 heteroatoms. The number of nitrogens with two attached hydrogens (primary N) is 1. The van der Waals surface area contributed by atoms with E-state index in [0.717, 1.165) is 31.4 Å². The number of amides is 1. The quantitative estimate of drug-likeness (QED) is 0.918. The molecule has 1 aliphatic heterocycles. The normalized spacial score (nSPS) is 24.2. The van der Waals surface area contributed by atoms with Crippen LogP contribution in [0.2, 0.25) is 0 Å². The Morgan fingerprint density at radius 1 is 1.50 bits per heavy atom. The van der Waals surface area contributed by atoms with Crippen LogP contribution in [0.15, 0.2) is 12.4 Å². The molecule has 2 unspecified atom stereocenters. The molecule has 0 spiro atoms. The van der Waals surface area contributed by atoms with Crippen LogP contribution in [-0.4, -0.2) is 33.2 Å². The number of likely N-dealkylation sites (tertiary alicyclic amines) is 1. The van der Waals surface area contributed by atoms with Gasteiger partial charge < -0.3 is 10.6 Å². The largest absolute Gasteiger partial charge is 0.334 e. The van der Waals surface area contributed by atoms with E-state index in [4.69, 9.17) is 5.73 Å². The van der Waals surface area contributed by atoms with E-state index >= 15 is 0 Å². The number of carbonyl (C=O) groups excluding carboxylic acids is 1. The molecule has 0 radical (unpaired) electrons. The fourth-order valence-corrected chi connectivity index (χ4v) is 2.90. The molecular formula is C15H26N4O. The highest BCUT2D eigenvalue weighted by Crippen LogP contribution is 2.30. The van der Waals surface area contributed by atoms with Crippen LogP contribution >= 0.6 is 0 Å². The first-order valence-corrected chi connectivity index (χ1v) is 7.63. The topological polar surface area (TPSA) is 64.2 Å². The summed E-state index contributed by atoms with van der Waals surface area (Å²) in [5.41, 5.74) is 7.41. The Bertz CT molecular complexity index is 454. The van der Waals surface area contributed by atoms with Crippen LogP contribution in [0.5, 0.6) is 0 Å². The number of aromatic nitrogens is 2. The van der Waals surface area contributed by atoms with Crippen LogP contribution < -0.4 is 5.73 Å². The monoisotopic (exact) mass is 278 g/mol. The highest BCUT2D eigenvalue weighted by molar-refractivity contribution is 5.77. The minimum atomic E-state index is -0.0301. The fourth-order valence-electron chi connectivity index (χ4n) is 2.90. The fraction of sp³-hybridized carbons (Fsp3) is 0.733. The summed E-state index contributed by atoms with van der Waals surface area (Å²) in [5, 5.41) is 4.40. The number of nitrogens with zero attached hydrogens (tertiary/aromatic N) is 3. The van der Waals surface area contributed by atoms with E-state index < -0.39 is 0 Å². The number of hydrogen-bond donors (Lipinski definition) is 1. The van der Waals surface area contributed by atoms with Crippen molar-refractivity contribution in [3.05, 3.63) is 18.0 Å². The van der Waals surface area contributed by atoms with Crippen molar-refractivity contribution in [1.29, 1.82) is 0 Å². The summed E-state index contributed by atoms with van der Waals surface area (Å²) >= 11 is 0. The first kappa shape index (κ1) is 15.0. The van der Waals surface area contributed by atoms with Crippen LogP contribution in [0.1, 0.15) is 64.1 Å². The molecule has 1 aromatic heterocycles. The van der Waals surface area contributed by atoms with Crippen molar-refractivity contribution in [3.63, 3.8) is 0 Å². The van der Waals surface area contributed by atoms with Gasteiger partial charge in [0, 0.05) is 36.8 Å². The van der Waals surface area contributed by atoms with E-state index in [1.807, 2.05) is 22.0 Å². The smallest absolute Gasteiger partial charge is 0.223 e. The standard InChI is InChI=1S/C15H26N4O/c1-4-8-18-14(20)7-5-6-13(16)15(18)12-9-17-19(10-12)11(2)3/h9-11,13,15H,4-8,16H2,1-3H3. The van der Waals surface area contributed by atoms with E-state index in [0.29, 0.717) is 12.5 Å². The molecule has 20 heavy (non-hydrogen) atoms. The van der Waals surface area contributed by atoms with Gasteiger partial charge in [0.2, 0.25) is 5.91 Å². The Balaban J connectivity index is 2.32. The van der Waals surface area contributed by atoms with Crippen LogP contribution in [-0.2, 0) is 4.79 Å². The van der Waals surface area contributed by atoms with Gasteiger partial charge in [-0.3, -0.25) is 9.48 Å². The van der Waals surface area contributed by atoms with Crippen molar-refractivity contribution in [2.24, 2.45) is 5.73 Å². The zero-order chi connectivity index (χ0) is 14.7. The summed E-state index contributed by atoms with van der Waals surface area (Å²) in [6, 6.07) is 0.288. The molecule has 0 saturated carbocycles. The summed E-state index contributed by atoms with van der Waals surface area (Å²) in [5.74, 6) is 0.224. The maximum absolute atomic E-state index is 12.3. The Morgan fingerprint density at radius 3 is 2.85 bits per heavy atom. The average Bonchev–Trinajstić information content (AvgIpc) is 2.82. The zero-order valence-corrected chi connectivity index (χ0v) is 12.7. The summed E-state index contributed by atoms with van der Waals surface area (Å²) in [4.78, 5) is 14.3. The molecule has 0 aliphatic carbocycles. The van der Waals surface area contributed by atoms with E-state index in [1.165, 1.54) is 0 Å². The third-order valence-corrected chi connectivity index (χ3v) is 3.95. The van der Waals surface area contributed by atoms with Crippen molar-refractivity contribution in [1.82, 2.24) is 14.7 Å². The minimum Gasteiger partial charge on any atom is -0.334 e. The lowest BCUT2D eigenvalue weighted by Gasteiger charge is -2.32. The van der Waals surface area contributed by atoms with Crippen LogP contribution in [0.25, 0.3) is 0 Å². The Morgan fingerprint density at radius 2 is 2.25 bits per heavy atom. The lowest BCUT2D eigenvalue weighted by molar-refractivity contribution is -0.133. The third-order valence-electron chi connectivity index (χ3n) is 3.95. The molecule has 112 valence electrons. The molecule has 1 amide bonds. The van der Waals surface area contributed by atoms with Gasteiger partial charge in [0.15, 0.2) is 0 Å². The Kier molecular flexibility index (Phi) is 4.81. The van der Waals surface area contributed by atoms with Crippen molar-refractivity contribution in [3.8, 4) is 0 Å². The van der Waals surface area contributed by atoms with Gasteiger partial charge in [-0.25, -0.2) is 0 Å². The van der Waals surface area contributed by atoms with Crippen LogP contribution in [0, 0.1) is 0 Å². The summed E-state index contributed by atoms with van der Waals surface area (Å²) in [6.45, 7) is 7.06. The van der Waals surface area contributed by atoms with Crippen molar-refractivity contribution in [2.45, 2.75) is 64.6 Å². The molecule has 0 bridgehead atoms. The zero-order valence-electron chi connectivity index (χ0n) is 12.7. The van der Waals surface area contributed by atoms with Gasteiger partial charge in [-0.15, -0.1) is 0 Å². The molecule has 2 N–H and O–H groups in total. The third kappa shape index (κ3) is 3.03. The van der Waals surface area contributed by atoms with Gasteiger partial charge in [-0.05, 0) is 33.1 Å². The van der Waals surface area contributed by atoms with Gasteiger partial charge in [0.05, 0.1) is 12.2 Å². The highest BCUT2D eigenvalue weighted by Gasteiger charge is 2.33. The number of hydrogen-bond acceptors (Lipinski definition) is 3. The molecule has 1 fully saturated rings. The molecule has 1 saturated heterocycles. The second kappa shape index (κ2) is 6.39. The van der Waals surface area contributed by atoms with Crippen LogP contribution in [0.3, 0.4) is 0 Å². The maximum atomic E-state index is 12.3. The van der Waals surface area contributed by atoms with E-state index in [9.17, 15) is 4.79 Å². The summed E-state index contributed by atoms with van der Waals surface area (Å²) in [6.07, 6.45) is 7.25. The number of rotatable bonds is 4. The van der Waals surface area contributed by atoms with E-state index in [-0.39, 0.29) is 18.0 Å². The summed E-state index contributed by atoms with van der Waals surface area (Å²) < 4.78 is 1.93. The highest BCUT2D eigenvalue weighted by atomic mass is 16.2. The second-order valence-corrected chi connectivity index (χ2v) is 5.94. The molecule has 1 aliphatic rings. The first-order chi connectivity index (χ1) is 9.54. The van der Waals surface area contributed by atoms with Crippen LogP contribution in [0.4, 0.5) is 0 Å².